The molecule has 0 unspecified atom stereocenters. The summed E-state index contributed by atoms with van der Waals surface area (Å²) in [5, 5.41) is 14.2. The maximum absolute atomic E-state index is 12.2. The van der Waals surface area contributed by atoms with Crippen molar-refractivity contribution in [2.45, 2.75) is 51.4 Å². The normalized spacial score (nSPS) is 19.0. The van der Waals surface area contributed by atoms with Crippen LogP contribution in [0.5, 0.6) is 11.8 Å². The number of nitrogens with zero attached hydrogens (tertiary/aromatic N) is 3. The van der Waals surface area contributed by atoms with Gasteiger partial charge in [0.15, 0.2) is 0 Å². The number of fused-ring (bicyclic) bond motifs is 1. The Balaban J connectivity index is 1.65. The lowest BCUT2D eigenvalue weighted by Gasteiger charge is -2.31. The van der Waals surface area contributed by atoms with Crippen LogP contribution in [0.25, 0.3) is 0 Å². The number of alkyl halides is 3. The van der Waals surface area contributed by atoms with Crippen molar-refractivity contribution in [1.82, 2.24) is 14.9 Å². The molecule has 0 amide bonds. The monoisotopic (exact) mass is 400 g/mol. The van der Waals surface area contributed by atoms with Crippen LogP contribution in [0, 0.1) is 10.1 Å². The van der Waals surface area contributed by atoms with Crippen molar-refractivity contribution >= 4 is 5.82 Å². The molecule has 2 heterocycles. The van der Waals surface area contributed by atoms with Crippen molar-refractivity contribution in [3.63, 3.8) is 0 Å². The first-order valence-electron chi connectivity index (χ1n) is 8.71. The summed E-state index contributed by atoms with van der Waals surface area (Å²) in [4.78, 5) is 14.2. The molecule has 0 saturated heterocycles. The molecule has 1 aliphatic rings. The fourth-order valence-corrected chi connectivity index (χ4v) is 3.04. The number of hydrogen-bond donors (Lipinski definition) is 1. The van der Waals surface area contributed by atoms with Gasteiger partial charge in [0.1, 0.15) is 18.1 Å². The lowest BCUT2D eigenvalue weighted by Crippen LogP contribution is -2.48. The summed E-state index contributed by atoms with van der Waals surface area (Å²) in [5.41, 5.74) is 0.771. The first-order valence-corrected chi connectivity index (χ1v) is 8.71. The number of ether oxygens (including phenoxy) is 2. The van der Waals surface area contributed by atoms with Crippen LogP contribution in [0.4, 0.5) is 19.0 Å². The molecule has 0 bridgehead atoms. The van der Waals surface area contributed by atoms with Crippen molar-refractivity contribution in [2.24, 2.45) is 0 Å². The molecule has 0 radical (unpaired) electrons. The SMILES string of the molecule is CCC[C@@H]1Oc2nc([N+](=O)[O-])cn2C[C@@H]1NCc1ccc(OC(F)(F)F)cc1. The van der Waals surface area contributed by atoms with Gasteiger partial charge in [-0.1, -0.05) is 25.5 Å². The second kappa shape index (κ2) is 8.05. The Morgan fingerprint density at radius 2 is 2.11 bits per heavy atom. The van der Waals surface area contributed by atoms with E-state index in [1.807, 2.05) is 6.92 Å². The number of nitro groups is 1. The van der Waals surface area contributed by atoms with Gasteiger partial charge in [-0.25, -0.2) is 0 Å². The van der Waals surface area contributed by atoms with Crippen molar-refractivity contribution in [2.75, 3.05) is 0 Å². The largest absolute Gasteiger partial charge is 0.573 e. The molecule has 11 heteroatoms. The maximum Gasteiger partial charge on any atom is 0.573 e. The quantitative estimate of drug-likeness (QED) is 0.566. The van der Waals surface area contributed by atoms with Crippen LogP contribution >= 0.6 is 0 Å². The zero-order valence-corrected chi connectivity index (χ0v) is 15.0. The molecule has 0 fully saturated rings. The molecule has 8 nitrogen and oxygen atoms in total. The van der Waals surface area contributed by atoms with Gasteiger partial charge in [0, 0.05) is 18.1 Å². The predicted molar refractivity (Wildman–Crippen MR) is 92.0 cm³/mol. The Hall–Kier alpha value is -2.82. The van der Waals surface area contributed by atoms with Crippen LogP contribution in [-0.4, -0.2) is 33.0 Å². The highest BCUT2D eigenvalue weighted by atomic mass is 19.4. The lowest BCUT2D eigenvalue weighted by molar-refractivity contribution is -0.389. The Bertz CT molecular complexity index is 823. The van der Waals surface area contributed by atoms with E-state index in [9.17, 15) is 23.3 Å². The average molecular weight is 400 g/mol. The third-order valence-electron chi connectivity index (χ3n) is 4.31. The van der Waals surface area contributed by atoms with E-state index in [2.05, 4.69) is 15.0 Å². The van der Waals surface area contributed by atoms with E-state index in [0.717, 1.165) is 18.4 Å². The van der Waals surface area contributed by atoms with E-state index in [0.29, 0.717) is 13.1 Å². The summed E-state index contributed by atoms with van der Waals surface area (Å²) < 4.78 is 47.9. The van der Waals surface area contributed by atoms with Gasteiger partial charge in [-0.15, -0.1) is 13.2 Å². The van der Waals surface area contributed by atoms with Crippen LogP contribution in [0.3, 0.4) is 0 Å². The smallest absolute Gasteiger partial charge is 0.441 e. The molecule has 3 rings (SSSR count). The van der Waals surface area contributed by atoms with E-state index in [1.165, 1.54) is 18.3 Å². The first-order chi connectivity index (χ1) is 13.2. The highest BCUT2D eigenvalue weighted by molar-refractivity contribution is 5.27. The highest BCUT2D eigenvalue weighted by Crippen LogP contribution is 2.27. The second-order valence-corrected chi connectivity index (χ2v) is 6.42. The van der Waals surface area contributed by atoms with Gasteiger partial charge in [0.05, 0.1) is 6.04 Å². The van der Waals surface area contributed by atoms with E-state index in [1.54, 1.807) is 16.7 Å². The molecule has 1 aromatic carbocycles. The number of aromatic nitrogens is 2. The van der Waals surface area contributed by atoms with E-state index in [4.69, 9.17) is 4.74 Å². The van der Waals surface area contributed by atoms with Gasteiger partial charge in [-0.2, -0.15) is 0 Å². The van der Waals surface area contributed by atoms with Gasteiger partial charge >= 0.3 is 18.2 Å². The standard InChI is InChI=1S/C17H19F3N4O4/c1-2-3-14-13(9-23-10-15(24(25)26)22-16(23)27-14)21-8-11-4-6-12(7-5-11)28-17(18,19)20/h4-7,10,13-14,21H,2-3,8-9H2,1H3/t13-,14-/m0/s1. The number of hydrogen-bond acceptors (Lipinski definition) is 6. The number of benzene rings is 1. The van der Waals surface area contributed by atoms with Crippen LogP contribution in [0.1, 0.15) is 25.3 Å². The minimum atomic E-state index is -4.72. The zero-order valence-electron chi connectivity index (χ0n) is 15.0. The Kier molecular flexibility index (Phi) is 5.73. The number of rotatable bonds is 7. The summed E-state index contributed by atoms with van der Waals surface area (Å²) in [6, 6.07) is 5.68. The summed E-state index contributed by atoms with van der Waals surface area (Å²) in [5.74, 6) is -0.553. The molecule has 2 aromatic rings. The maximum atomic E-state index is 12.2. The fraction of sp³-hybridized carbons (Fsp3) is 0.471. The Morgan fingerprint density at radius 3 is 2.71 bits per heavy atom. The van der Waals surface area contributed by atoms with Gasteiger partial charge in [0.2, 0.25) is 0 Å². The van der Waals surface area contributed by atoms with Crippen LogP contribution < -0.4 is 14.8 Å². The lowest BCUT2D eigenvalue weighted by atomic mass is 10.0. The van der Waals surface area contributed by atoms with Gasteiger partial charge in [-0.3, -0.25) is 4.57 Å². The van der Waals surface area contributed by atoms with Crippen molar-refractivity contribution in [1.29, 1.82) is 0 Å². The van der Waals surface area contributed by atoms with E-state index < -0.39 is 11.3 Å². The van der Waals surface area contributed by atoms with Gasteiger partial charge in [0.25, 0.3) is 0 Å². The average Bonchev–Trinajstić information content (AvgIpc) is 3.03. The highest BCUT2D eigenvalue weighted by Gasteiger charge is 2.34. The summed E-state index contributed by atoms with van der Waals surface area (Å²) in [6.07, 6.45) is -2.02. The Morgan fingerprint density at radius 1 is 1.39 bits per heavy atom. The topological polar surface area (TPSA) is 91.5 Å². The molecule has 0 aliphatic carbocycles. The summed E-state index contributed by atoms with van der Waals surface area (Å²) >= 11 is 0. The van der Waals surface area contributed by atoms with Crippen molar-refractivity contribution < 1.29 is 27.6 Å². The third-order valence-corrected chi connectivity index (χ3v) is 4.31. The van der Waals surface area contributed by atoms with Crippen LogP contribution in [-0.2, 0) is 13.1 Å². The van der Waals surface area contributed by atoms with Crippen molar-refractivity contribution in [3.8, 4) is 11.8 Å². The van der Waals surface area contributed by atoms with Crippen LogP contribution in [0.15, 0.2) is 30.5 Å². The molecule has 152 valence electrons. The molecule has 1 N–H and O–H groups in total. The van der Waals surface area contributed by atoms with Crippen molar-refractivity contribution in [3.05, 3.63) is 46.1 Å². The number of imidazole rings is 1. The summed E-state index contributed by atoms with van der Waals surface area (Å²) in [6.45, 7) is 2.84. The molecule has 2 atom stereocenters. The number of nitrogens with one attached hydrogen (secondary N) is 1. The minimum absolute atomic E-state index is 0.132. The molecular formula is C17H19F3N4O4. The number of halogens is 3. The molecule has 1 aromatic heterocycles. The third kappa shape index (κ3) is 4.91. The predicted octanol–water partition coefficient (Wildman–Crippen LogP) is 3.41. The Labute approximate surface area is 158 Å². The van der Waals surface area contributed by atoms with Crippen LogP contribution in [0.2, 0.25) is 0 Å². The molecule has 28 heavy (non-hydrogen) atoms. The zero-order chi connectivity index (χ0) is 20.3. The summed E-state index contributed by atoms with van der Waals surface area (Å²) in [7, 11) is 0. The van der Waals surface area contributed by atoms with E-state index >= 15 is 0 Å². The van der Waals surface area contributed by atoms with Gasteiger partial charge in [-0.05, 0) is 29.0 Å². The molecule has 1 aliphatic heterocycles. The van der Waals surface area contributed by atoms with Gasteiger partial charge < -0.3 is 24.9 Å². The van der Waals surface area contributed by atoms with E-state index in [-0.39, 0.29) is 29.7 Å². The minimum Gasteiger partial charge on any atom is -0.441 e. The molecular weight excluding hydrogens is 381 g/mol. The second-order valence-electron chi connectivity index (χ2n) is 6.42. The molecule has 0 spiro atoms. The fourth-order valence-electron chi connectivity index (χ4n) is 3.04. The molecule has 0 saturated carbocycles. The first kappa shape index (κ1) is 19.9.